The number of carbonyl (C=O) groups excluding carboxylic acids is 2. The SMILES string of the molecule is CCCNC(=O)C(C)(C)C(=O)Nc1cccc(OC)c1. The lowest BCUT2D eigenvalue weighted by molar-refractivity contribution is -0.138. The summed E-state index contributed by atoms with van der Waals surface area (Å²) in [6.07, 6.45) is 0.833. The van der Waals surface area contributed by atoms with Gasteiger partial charge in [-0.1, -0.05) is 13.0 Å². The largest absolute Gasteiger partial charge is 0.497 e. The van der Waals surface area contributed by atoms with Gasteiger partial charge < -0.3 is 15.4 Å². The van der Waals surface area contributed by atoms with E-state index in [9.17, 15) is 9.59 Å². The minimum absolute atomic E-state index is 0.278. The van der Waals surface area contributed by atoms with Crippen molar-refractivity contribution < 1.29 is 14.3 Å². The lowest BCUT2D eigenvalue weighted by atomic mass is 9.91. The predicted molar refractivity (Wildman–Crippen MR) is 78.7 cm³/mol. The highest BCUT2D eigenvalue weighted by Gasteiger charge is 2.35. The Hall–Kier alpha value is -2.04. The second kappa shape index (κ2) is 6.93. The van der Waals surface area contributed by atoms with Crippen LogP contribution in [0.4, 0.5) is 5.69 Å². The summed E-state index contributed by atoms with van der Waals surface area (Å²) in [4.78, 5) is 24.2. The fourth-order valence-corrected chi connectivity index (χ4v) is 1.55. The van der Waals surface area contributed by atoms with E-state index in [2.05, 4.69) is 10.6 Å². The lowest BCUT2D eigenvalue weighted by Gasteiger charge is -2.22. The molecule has 0 aliphatic heterocycles. The number of anilines is 1. The fourth-order valence-electron chi connectivity index (χ4n) is 1.55. The third kappa shape index (κ3) is 3.98. The molecular formula is C15H22N2O3. The first-order chi connectivity index (χ1) is 9.41. The number of nitrogens with one attached hydrogen (secondary N) is 2. The molecule has 1 rings (SSSR count). The van der Waals surface area contributed by atoms with Gasteiger partial charge in [0.15, 0.2) is 0 Å². The molecule has 0 atom stereocenters. The van der Waals surface area contributed by atoms with Gasteiger partial charge >= 0.3 is 0 Å². The van der Waals surface area contributed by atoms with E-state index in [-0.39, 0.29) is 11.8 Å². The Labute approximate surface area is 119 Å². The van der Waals surface area contributed by atoms with Crippen LogP contribution in [0.2, 0.25) is 0 Å². The van der Waals surface area contributed by atoms with Gasteiger partial charge in [-0.15, -0.1) is 0 Å². The molecule has 5 nitrogen and oxygen atoms in total. The zero-order chi connectivity index (χ0) is 15.2. The number of amides is 2. The molecule has 0 heterocycles. The average Bonchev–Trinajstić information content (AvgIpc) is 2.44. The molecule has 20 heavy (non-hydrogen) atoms. The van der Waals surface area contributed by atoms with Crippen LogP contribution in [0, 0.1) is 5.41 Å². The van der Waals surface area contributed by atoms with Crippen molar-refractivity contribution in [3.63, 3.8) is 0 Å². The normalized spacial score (nSPS) is 10.8. The summed E-state index contributed by atoms with van der Waals surface area (Å²) in [7, 11) is 1.56. The summed E-state index contributed by atoms with van der Waals surface area (Å²) in [6, 6.07) is 7.02. The number of benzene rings is 1. The second-order valence-electron chi connectivity index (χ2n) is 5.07. The molecule has 2 N–H and O–H groups in total. The van der Waals surface area contributed by atoms with Gasteiger partial charge in [-0.3, -0.25) is 9.59 Å². The molecule has 0 fully saturated rings. The Morgan fingerprint density at radius 1 is 1.25 bits per heavy atom. The van der Waals surface area contributed by atoms with Gasteiger partial charge in [-0.05, 0) is 32.4 Å². The molecule has 1 aromatic rings. The highest BCUT2D eigenvalue weighted by molar-refractivity contribution is 6.09. The molecule has 0 radical (unpaired) electrons. The summed E-state index contributed by atoms with van der Waals surface area (Å²) in [6.45, 7) is 5.74. The van der Waals surface area contributed by atoms with Crippen LogP contribution in [0.5, 0.6) is 5.75 Å². The maximum atomic E-state index is 12.2. The lowest BCUT2D eigenvalue weighted by Crippen LogP contribution is -2.45. The maximum absolute atomic E-state index is 12.2. The van der Waals surface area contributed by atoms with E-state index < -0.39 is 5.41 Å². The first-order valence-electron chi connectivity index (χ1n) is 6.65. The molecule has 0 saturated carbocycles. The van der Waals surface area contributed by atoms with Crippen LogP contribution in [0.1, 0.15) is 27.2 Å². The summed E-state index contributed by atoms with van der Waals surface area (Å²) in [5, 5.41) is 5.47. The van der Waals surface area contributed by atoms with Crippen LogP contribution in [-0.4, -0.2) is 25.5 Å². The van der Waals surface area contributed by atoms with Gasteiger partial charge in [0.1, 0.15) is 11.2 Å². The summed E-state index contributed by atoms with van der Waals surface area (Å²) >= 11 is 0. The number of carbonyl (C=O) groups is 2. The fraction of sp³-hybridized carbons (Fsp3) is 0.467. The topological polar surface area (TPSA) is 67.4 Å². The first kappa shape index (κ1) is 16.0. The van der Waals surface area contributed by atoms with Crippen molar-refractivity contribution in [2.45, 2.75) is 27.2 Å². The number of hydrogen-bond donors (Lipinski definition) is 2. The monoisotopic (exact) mass is 278 g/mol. The van der Waals surface area contributed by atoms with E-state index in [0.29, 0.717) is 18.0 Å². The Morgan fingerprint density at radius 2 is 1.95 bits per heavy atom. The number of methoxy groups -OCH3 is 1. The van der Waals surface area contributed by atoms with Gasteiger partial charge in [0.2, 0.25) is 11.8 Å². The van der Waals surface area contributed by atoms with E-state index in [1.165, 1.54) is 0 Å². The molecule has 0 aromatic heterocycles. The van der Waals surface area contributed by atoms with E-state index in [1.807, 2.05) is 6.92 Å². The van der Waals surface area contributed by atoms with E-state index in [1.54, 1.807) is 45.2 Å². The van der Waals surface area contributed by atoms with Crippen LogP contribution in [0.15, 0.2) is 24.3 Å². The van der Waals surface area contributed by atoms with Crippen LogP contribution in [0.25, 0.3) is 0 Å². The molecule has 0 spiro atoms. The van der Waals surface area contributed by atoms with E-state index in [0.717, 1.165) is 6.42 Å². The molecule has 0 aliphatic rings. The van der Waals surface area contributed by atoms with Crippen LogP contribution >= 0.6 is 0 Å². The molecule has 0 unspecified atom stereocenters. The predicted octanol–water partition coefficient (Wildman–Crippen LogP) is 2.19. The highest BCUT2D eigenvalue weighted by atomic mass is 16.5. The van der Waals surface area contributed by atoms with Crippen molar-refractivity contribution in [1.29, 1.82) is 0 Å². The van der Waals surface area contributed by atoms with Gasteiger partial charge in [0.25, 0.3) is 0 Å². The maximum Gasteiger partial charge on any atom is 0.239 e. The Kier molecular flexibility index (Phi) is 5.55. The van der Waals surface area contributed by atoms with Crippen molar-refractivity contribution in [2.24, 2.45) is 5.41 Å². The van der Waals surface area contributed by atoms with Gasteiger partial charge in [0, 0.05) is 18.3 Å². The summed E-state index contributed by atoms with van der Waals surface area (Å²) in [5.74, 6) is 0.0233. The summed E-state index contributed by atoms with van der Waals surface area (Å²) < 4.78 is 5.09. The smallest absolute Gasteiger partial charge is 0.239 e. The highest BCUT2D eigenvalue weighted by Crippen LogP contribution is 2.21. The Morgan fingerprint density at radius 3 is 2.55 bits per heavy atom. The Bertz CT molecular complexity index is 484. The van der Waals surface area contributed by atoms with Gasteiger partial charge in [-0.25, -0.2) is 0 Å². The molecule has 0 saturated heterocycles. The second-order valence-corrected chi connectivity index (χ2v) is 5.07. The third-order valence-corrected chi connectivity index (χ3v) is 3.00. The zero-order valence-corrected chi connectivity index (χ0v) is 12.4. The van der Waals surface area contributed by atoms with E-state index >= 15 is 0 Å². The minimum atomic E-state index is -1.13. The standard InChI is InChI=1S/C15H22N2O3/c1-5-9-16-13(18)15(2,3)14(19)17-11-7-6-8-12(10-11)20-4/h6-8,10H,5,9H2,1-4H3,(H,16,18)(H,17,19). The van der Waals surface area contributed by atoms with Gasteiger partial charge in [-0.2, -0.15) is 0 Å². The Balaban J connectivity index is 2.75. The zero-order valence-electron chi connectivity index (χ0n) is 12.4. The van der Waals surface area contributed by atoms with Crippen molar-refractivity contribution in [3.05, 3.63) is 24.3 Å². The van der Waals surface area contributed by atoms with Crippen LogP contribution < -0.4 is 15.4 Å². The molecule has 5 heteroatoms. The summed E-state index contributed by atoms with van der Waals surface area (Å²) in [5.41, 5.74) is -0.524. The molecule has 2 amide bonds. The van der Waals surface area contributed by atoms with E-state index in [4.69, 9.17) is 4.74 Å². The molecule has 0 bridgehead atoms. The van der Waals surface area contributed by atoms with Gasteiger partial charge in [0.05, 0.1) is 7.11 Å². The molecular weight excluding hydrogens is 256 g/mol. The van der Waals surface area contributed by atoms with Crippen molar-refractivity contribution >= 4 is 17.5 Å². The van der Waals surface area contributed by atoms with Crippen molar-refractivity contribution in [3.8, 4) is 5.75 Å². The van der Waals surface area contributed by atoms with Crippen molar-refractivity contribution in [1.82, 2.24) is 5.32 Å². The number of ether oxygens (including phenoxy) is 1. The molecule has 0 aliphatic carbocycles. The quantitative estimate of drug-likeness (QED) is 0.784. The molecule has 110 valence electrons. The number of hydrogen-bond acceptors (Lipinski definition) is 3. The number of rotatable bonds is 6. The van der Waals surface area contributed by atoms with Crippen molar-refractivity contribution in [2.75, 3.05) is 19.0 Å². The van der Waals surface area contributed by atoms with Crippen LogP contribution in [0.3, 0.4) is 0 Å². The minimum Gasteiger partial charge on any atom is -0.497 e. The molecule has 1 aromatic carbocycles. The average molecular weight is 278 g/mol. The first-order valence-corrected chi connectivity index (χ1v) is 6.65. The van der Waals surface area contributed by atoms with Crippen LogP contribution in [-0.2, 0) is 9.59 Å². The third-order valence-electron chi connectivity index (χ3n) is 3.00.